The van der Waals surface area contributed by atoms with Crippen LogP contribution in [0.15, 0.2) is 29.4 Å². The summed E-state index contributed by atoms with van der Waals surface area (Å²) >= 11 is 0. The molecule has 0 atom stereocenters. The highest BCUT2D eigenvalue weighted by Gasteiger charge is 2.42. The van der Waals surface area contributed by atoms with E-state index in [1.807, 2.05) is 0 Å². The van der Waals surface area contributed by atoms with E-state index in [4.69, 9.17) is 10.9 Å². The summed E-state index contributed by atoms with van der Waals surface area (Å²) in [6.45, 7) is 1.14. The number of nitro groups is 1. The summed E-state index contributed by atoms with van der Waals surface area (Å²) in [7, 11) is 0. The van der Waals surface area contributed by atoms with Gasteiger partial charge in [0.05, 0.1) is 4.92 Å². The molecule has 7 heteroatoms. The number of para-hydroxylation sites is 1. The minimum absolute atomic E-state index is 0.0415. The Morgan fingerprint density at radius 1 is 1.50 bits per heavy atom. The zero-order valence-corrected chi connectivity index (χ0v) is 11.1. The minimum atomic E-state index is -0.375. The van der Waals surface area contributed by atoms with E-state index in [9.17, 15) is 10.1 Å². The Labute approximate surface area is 116 Å². The normalized spacial score (nSPS) is 16.9. The van der Waals surface area contributed by atoms with Crippen LogP contribution in [-0.2, 0) is 6.54 Å². The fourth-order valence-corrected chi connectivity index (χ4v) is 2.31. The summed E-state index contributed by atoms with van der Waals surface area (Å²) in [5.74, 6) is 0.231. The summed E-state index contributed by atoms with van der Waals surface area (Å²) in [5, 5.41) is 25.7. The van der Waals surface area contributed by atoms with Crippen LogP contribution >= 0.6 is 0 Å². The van der Waals surface area contributed by atoms with E-state index >= 15 is 0 Å². The third-order valence-electron chi connectivity index (χ3n) is 3.65. The van der Waals surface area contributed by atoms with Crippen LogP contribution in [0.3, 0.4) is 0 Å². The molecule has 0 aliphatic heterocycles. The van der Waals surface area contributed by atoms with E-state index in [1.165, 1.54) is 6.07 Å². The molecule has 108 valence electrons. The second kappa shape index (κ2) is 5.87. The Kier molecular flexibility index (Phi) is 4.19. The first kappa shape index (κ1) is 14.3. The molecule has 4 N–H and O–H groups in total. The summed E-state index contributed by atoms with van der Waals surface area (Å²) in [6, 6.07) is 6.68. The maximum Gasteiger partial charge on any atom is 0.273 e. The third-order valence-corrected chi connectivity index (χ3v) is 3.65. The largest absolute Gasteiger partial charge is 0.409 e. The molecule has 0 saturated heterocycles. The lowest BCUT2D eigenvalue weighted by Gasteiger charge is -2.15. The molecule has 20 heavy (non-hydrogen) atoms. The number of nitrogens with zero attached hydrogens (tertiary/aromatic N) is 2. The lowest BCUT2D eigenvalue weighted by atomic mass is 10.0. The lowest BCUT2D eigenvalue weighted by molar-refractivity contribution is -0.385. The number of nitro benzene ring substituents is 1. The first-order valence-electron chi connectivity index (χ1n) is 6.46. The van der Waals surface area contributed by atoms with Crippen molar-refractivity contribution in [3.05, 3.63) is 39.9 Å². The van der Waals surface area contributed by atoms with Crippen molar-refractivity contribution >= 4 is 11.5 Å². The molecular weight excluding hydrogens is 260 g/mol. The highest BCUT2D eigenvalue weighted by atomic mass is 16.6. The van der Waals surface area contributed by atoms with Crippen LogP contribution in [0.4, 0.5) is 5.69 Å². The molecule has 0 spiro atoms. The standard InChI is InChI=1S/C13H18N4O3/c14-12(16-18)7-13(5-6-13)9-15-8-10-3-1-2-4-11(10)17(19)20/h1-4,15,18H,5-9H2,(H2,14,16). The zero-order chi connectivity index (χ0) is 14.6. The maximum absolute atomic E-state index is 10.9. The molecule has 1 aromatic carbocycles. The molecular formula is C13H18N4O3. The second-order valence-electron chi connectivity index (χ2n) is 5.26. The van der Waals surface area contributed by atoms with Gasteiger partial charge in [-0.25, -0.2) is 0 Å². The van der Waals surface area contributed by atoms with E-state index in [0.29, 0.717) is 25.1 Å². The topological polar surface area (TPSA) is 114 Å². The monoisotopic (exact) mass is 278 g/mol. The zero-order valence-electron chi connectivity index (χ0n) is 11.1. The first-order valence-corrected chi connectivity index (χ1v) is 6.46. The van der Waals surface area contributed by atoms with Crippen molar-refractivity contribution in [2.45, 2.75) is 25.8 Å². The van der Waals surface area contributed by atoms with E-state index < -0.39 is 0 Å². The number of nitrogens with one attached hydrogen (secondary N) is 1. The summed E-state index contributed by atoms with van der Waals surface area (Å²) in [6.07, 6.45) is 2.59. The van der Waals surface area contributed by atoms with Gasteiger partial charge in [-0.2, -0.15) is 0 Å². The Morgan fingerprint density at radius 2 is 2.20 bits per heavy atom. The van der Waals surface area contributed by atoms with Crippen molar-refractivity contribution in [2.24, 2.45) is 16.3 Å². The number of benzene rings is 1. The lowest BCUT2D eigenvalue weighted by Crippen LogP contribution is -2.28. The van der Waals surface area contributed by atoms with Crippen LogP contribution < -0.4 is 11.1 Å². The number of hydrogen-bond donors (Lipinski definition) is 3. The van der Waals surface area contributed by atoms with Gasteiger partial charge < -0.3 is 16.3 Å². The van der Waals surface area contributed by atoms with Crippen LogP contribution in [0.2, 0.25) is 0 Å². The quantitative estimate of drug-likeness (QED) is 0.230. The van der Waals surface area contributed by atoms with Gasteiger partial charge in [0.15, 0.2) is 0 Å². The average molecular weight is 278 g/mol. The van der Waals surface area contributed by atoms with Gasteiger partial charge in [-0.1, -0.05) is 23.4 Å². The van der Waals surface area contributed by atoms with Crippen molar-refractivity contribution in [3.8, 4) is 0 Å². The van der Waals surface area contributed by atoms with Gasteiger partial charge in [0.25, 0.3) is 5.69 Å². The minimum Gasteiger partial charge on any atom is -0.409 e. The third kappa shape index (κ3) is 3.45. The van der Waals surface area contributed by atoms with E-state index in [-0.39, 0.29) is 21.9 Å². The van der Waals surface area contributed by atoms with Gasteiger partial charge in [-0.3, -0.25) is 10.1 Å². The number of oxime groups is 1. The molecule has 1 aliphatic rings. The maximum atomic E-state index is 10.9. The Morgan fingerprint density at radius 3 is 2.80 bits per heavy atom. The number of amidine groups is 1. The smallest absolute Gasteiger partial charge is 0.273 e. The molecule has 2 rings (SSSR count). The molecule has 1 saturated carbocycles. The van der Waals surface area contributed by atoms with Crippen molar-refractivity contribution in [1.82, 2.24) is 5.32 Å². The molecule has 1 aliphatic carbocycles. The molecule has 1 aromatic rings. The number of hydrogen-bond acceptors (Lipinski definition) is 5. The SMILES string of the molecule is NC(CC1(CNCc2ccccc2[N+](=O)[O-])CC1)=NO. The van der Waals surface area contributed by atoms with Gasteiger partial charge in [0, 0.05) is 31.1 Å². The van der Waals surface area contributed by atoms with Crippen LogP contribution in [0.5, 0.6) is 0 Å². The summed E-state index contributed by atoms with van der Waals surface area (Å²) in [5.41, 5.74) is 6.36. The highest BCUT2D eigenvalue weighted by molar-refractivity contribution is 5.80. The summed E-state index contributed by atoms with van der Waals surface area (Å²) in [4.78, 5) is 10.5. The van der Waals surface area contributed by atoms with E-state index in [1.54, 1.807) is 18.2 Å². The van der Waals surface area contributed by atoms with Gasteiger partial charge in [0.2, 0.25) is 0 Å². The fourth-order valence-electron chi connectivity index (χ4n) is 2.31. The second-order valence-corrected chi connectivity index (χ2v) is 5.26. The highest BCUT2D eigenvalue weighted by Crippen LogP contribution is 2.48. The van der Waals surface area contributed by atoms with Crippen LogP contribution in [-0.4, -0.2) is 22.5 Å². The molecule has 0 heterocycles. The fraction of sp³-hybridized carbons (Fsp3) is 0.462. The van der Waals surface area contributed by atoms with Gasteiger partial charge >= 0.3 is 0 Å². The molecule has 7 nitrogen and oxygen atoms in total. The Bertz CT molecular complexity index is 526. The molecule has 0 bridgehead atoms. The van der Waals surface area contributed by atoms with Crippen molar-refractivity contribution in [2.75, 3.05) is 6.54 Å². The predicted octanol–water partition coefficient (Wildman–Crippen LogP) is 1.60. The first-order chi connectivity index (χ1) is 9.56. The molecule has 0 aromatic heterocycles. The van der Waals surface area contributed by atoms with Crippen LogP contribution in [0, 0.1) is 15.5 Å². The molecule has 0 radical (unpaired) electrons. The van der Waals surface area contributed by atoms with Crippen molar-refractivity contribution < 1.29 is 10.1 Å². The van der Waals surface area contributed by atoms with E-state index in [0.717, 1.165) is 12.8 Å². The average Bonchev–Trinajstić information content (AvgIpc) is 3.18. The van der Waals surface area contributed by atoms with Gasteiger partial charge in [0.1, 0.15) is 5.84 Å². The molecule has 0 amide bonds. The number of nitrogens with two attached hydrogens (primary N) is 1. The van der Waals surface area contributed by atoms with Crippen LogP contribution in [0.1, 0.15) is 24.8 Å². The van der Waals surface area contributed by atoms with Crippen molar-refractivity contribution in [3.63, 3.8) is 0 Å². The predicted molar refractivity (Wildman–Crippen MR) is 74.5 cm³/mol. The van der Waals surface area contributed by atoms with E-state index in [2.05, 4.69) is 10.5 Å². The molecule has 0 unspecified atom stereocenters. The Hall–Kier alpha value is -2.15. The van der Waals surface area contributed by atoms with Crippen molar-refractivity contribution in [1.29, 1.82) is 0 Å². The van der Waals surface area contributed by atoms with Gasteiger partial charge in [-0.15, -0.1) is 0 Å². The number of rotatable bonds is 7. The van der Waals surface area contributed by atoms with Crippen LogP contribution in [0.25, 0.3) is 0 Å². The molecule has 1 fully saturated rings. The Balaban J connectivity index is 1.89. The summed E-state index contributed by atoms with van der Waals surface area (Å²) < 4.78 is 0. The van der Waals surface area contributed by atoms with Gasteiger partial charge in [-0.05, 0) is 18.3 Å².